The lowest BCUT2D eigenvalue weighted by Crippen LogP contribution is -2.22. The van der Waals surface area contributed by atoms with Crippen LogP contribution in [-0.2, 0) is 6.54 Å². The molecular weight excluding hydrogens is 286 g/mol. The van der Waals surface area contributed by atoms with Crippen LogP contribution in [0.5, 0.6) is 0 Å². The molecule has 0 aromatic carbocycles. The third-order valence-electron chi connectivity index (χ3n) is 2.56. The predicted octanol–water partition coefficient (Wildman–Crippen LogP) is 1.51. The van der Waals surface area contributed by atoms with E-state index >= 15 is 0 Å². The smallest absolute Gasteiger partial charge is 0.253 e. The number of nitrogens with zero attached hydrogens (tertiary/aromatic N) is 2. The van der Waals surface area contributed by atoms with E-state index in [9.17, 15) is 4.79 Å². The standard InChI is InChI=1S/C15H15N3O2S/c1-11-17-9-14(21-11)10-18-15(20)13-6-12(7-16-8-13)4-2-3-5-19/h6-9,19H,3,5,10H2,1H3,(H,18,20). The highest BCUT2D eigenvalue weighted by Crippen LogP contribution is 2.11. The number of rotatable bonds is 4. The molecule has 0 atom stereocenters. The summed E-state index contributed by atoms with van der Waals surface area (Å²) in [6, 6.07) is 1.69. The fraction of sp³-hybridized carbons (Fsp3) is 0.267. The van der Waals surface area contributed by atoms with Gasteiger partial charge >= 0.3 is 0 Å². The number of aliphatic hydroxyl groups excluding tert-OH is 1. The maximum absolute atomic E-state index is 12.1. The van der Waals surface area contributed by atoms with Crippen LogP contribution in [0.3, 0.4) is 0 Å². The van der Waals surface area contributed by atoms with E-state index in [1.807, 2.05) is 6.92 Å². The molecule has 0 unspecified atom stereocenters. The lowest BCUT2D eigenvalue weighted by atomic mass is 10.2. The number of thiazole rings is 1. The molecule has 2 rings (SSSR count). The first-order valence-electron chi connectivity index (χ1n) is 6.43. The molecule has 6 heteroatoms. The summed E-state index contributed by atoms with van der Waals surface area (Å²) in [5.41, 5.74) is 1.12. The summed E-state index contributed by atoms with van der Waals surface area (Å²) < 4.78 is 0. The van der Waals surface area contributed by atoms with Crippen molar-refractivity contribution in [1.29, 1.82) is 0 Å². The summed E-state index contributed by atoms with van der Waals surface area (Å²) in [5, 5.41) is 12.5. The van der Waals surface area contributed by atoms with E-state index in [0.29, 0.717) is 24.1 Å². The minimum Gasteiger partial charge on any atom is -0.395 e. The number of carbonyl (C=O) groups excluding carboxylic acids is 1. The quantitative estimate of drug-likeness (QED) is 0.839. The monoisotopic (exact) mass is 301 g/mol. The van der Waals surface area contributed by atoms with Crippen molar-refractivity contribution in [1.82, 2.24) is 15.3 Å². The average Bonchev–Trinajstić information content (AvgIpc) is 2.91. The molecule has 108 valence electrons. The van der Waals surface area contributed by atoms with Gasteiger partial charge in [-0.2, -0.15) is 0 Å². The highest BCUT2D eigenvalue weighted by Gasteiger charge is 2.07. The van der Waals surface area contributed by atoms with Gasteiger partial charge in [-0.3, -0.25) is 9.78 Å². The van der Waals surface area contributed by atoms with Crippen molar-refractivity contribution < 1.29 is 9.90 Å². The van der Waals surface area contributed by atoms with Crippen molar-refractivity contribution in [2.45, 2.75) is 19.9 Å². The van der Waals surface area contributed by atoms with E-state index in [0.717, 1.165) is 9.88 Å². The summed E-state index contributed by atoms with van der Waals surface area (Å²) in [4.78, 5) is 21.2. The largest absolute Gasteiger partial charge is 0.395 e. The van der Waals surface area contributed by atoms with Crippen molar-refractivity contribution >= 4 is 17.2 Å². The van der Waals surface area contributed by atoms with Crippen LogP contribution in [0.25, 0.3) is 0 Å². The van der Waals surface area contributed by atoms with Crippen LogP contribution in [0.1, 0.15) is 32.2 Å². The third kappa shape index (κ3) is 4.67. The van der Waals surface area contributed by atoms with E-state index in [1.54, 1.807) is 29.8 Å². The Morgan fingerprint density at radius 2 is 2.29 bits per heavy atom. The van der Waals surface area contributed by atoms with E-state index in [1.165, 1.54) is 6.20 Å². The van der Waals surface area contributed by atoms with Gasteiger partial charge in [-0.15, -0.1) is 11.3 Å². The number of hydrogen-bond donors (Lipinski definition) is 2. The number of aryl methyl sites for hydroxylation is 1. The first kappa shape index (κ1) is 15.2. The van der Waals surface area contributed by atoms with Gasteiger partial charge in [-0.05, 0) is 13.0 Å². The van der Waals surface area contributed by atoms with E-state index in [4.69, 9.17) is 5.11 Å². The molecule has 2 aromatic heterocycles. The first-order chi connectivity index (χ1) is 10.2. The van der Waals surface area contributed by atoms with Gasteiger partial charge in [0.15, 0.2) is 0 Å². The summed E-state index contributed by atoms with van der Waals surface area (Å²) in [5.74, 6) is 5.46. The van der Waals surface area contributed by atoms with Crippen molar-refractivity contribution in [2.75, 3.05) is 6.61 Å². The lowest BCUT2D eigenvalue weighted by Gasteiger charge is -2.03. The zero-order valence-electron chi connectivity index (χ0n) is 11.6. The summed E-state index contributed by atoms with van der Waals surface area (Å²) in [6.07, 6.45) is 5.26. The Kier molecular flexibility index (Phi) is 5.43. The Morgan fingerprint density at radius 1 is 1.43 bits per heavy atom. The number of pyridine rings is 1. The van der Waals surface area contributed by atoms with Gasteiger partial charge in [-0.25, -0.2) is 4.98 Å². The molecule has 2 heterocycles. The van der Waals surface area contributed by atoms with Gasteiger partial charge < -0.3 is 10.4 Å². The second-order valence-corrected chi connectivity index (χ2v) is 5.59. The highest BCUT2D eigenvalue weighted by molar-refractivity contribution is 7.11. The van der Waals surface area contributed by atoms with Crippen molar-refractivity contribution in [3.63, 3.8) is 0 Å². The van der Waals surface area contributed by atoms with Crippen LogP contribution in [0.15, 0.2) is 24.7 Å². The molecule has 1 amide bonds. The number of hydrogen-bond acceptors (Lipinski definition) is 5. The number of carbonyl (C=O) groups is 1. The molecule has 2 N–H and O–H groups in total. The van der Waals surface area contributed by atoms with Gasteiger partial charge in [-0.1, -0.05) is 11.8 Å². The maximum Gasteiger partial charge on any atom is 0.253 e. The van der Waals surface area contributed by atoms with Crippen molar-refractivity contribution in [3.05, 3.63) is 45.7 Å². The first-order valence-corrected chi connectivity index (χ1v) is 7.25. The number of nitrogens with one attached hydrogen (secondary N) is 1. The zero-order chi connectivity index (χ0) is 15.1. The van der Waals surface area contributed by atoms with Gasteiger partial charge in [0.25, 0.3) is 5.91 Å². The lowest BCUT2D eigenvalue weighted by molar-refractivity contribution is 0.0951. The van der Waals surface area contributed by atoms with Gasteiger partial charge in [0, 0.05) is 35.5 Å². The molecule has 0 fully saturated rings. The predicted molar refractivity (Wildman–Crippen MR) is 80.8 cm³/mol. The molecule has 0 saturated carbocycles. The molecule has 0 aliphatic rings. The fourth-order valence-electron chi connectivity index (χ4n) is 1.61. The molecule has 5 nitrogen and oxygen atoms in total. The molecule has 0 spiro atoms. The Hall–Kier alpha value is -2.23. The van der Waals surface area contributed by atoms with Gasteiger partial charge in [0.05, 0.1) is 23.7 Å². The molecular formula is C15H15N3O2S. The molecule has 0 radical (unpaired) electrons. The number of aliphatic hydroxyl groups is 1. The number of amides is 1. The summed E-state index contributed by atoms with van der Waals surface area (Å²) in [7, 11) is 0. The van der Waals surface area contributed by atoms with Crippen LogP contribution in [-0.4, -0.2) is 27.6 Å². The van der Waals surface area contributed by atoms with Crippen molar-refractivity contribution in [2.24, 2.45) is 0 Å². The van der Waals surface area contributed by atoms with Gasteiger partial charge in [0.2, 0.25) is 0 Å². The van der Waals surface area contributed by atoms with E-state index in [2.05, 4.69) is 27.1 Å². The third-order valence-corrected chi connectivity index (χ3v) is 3.48. The normalized spacial score (nSPS) is 9.81. The van der Waals surface area contributed by atoms with Crippen LogP contribution in [0.4, 0.5) is 0 Å². The van der Waals surface area contributed by atoms with Gasteiger partial charge in [0.1, 0.15) is 0 Å². The molecule has 21 heavy (non-hydrogen) atoms. The Labute approximate surface area is 127 Å². The molecule has 0 aliphatic heterocycles. The SMILES string of the molecule is Cc1ncc(CNC(=O)c2cncc(C#CCCO)c2)s1. The fourth-order valence-corrected chi connectivity index (χ4v) is 2.34. The van der Waals surface area contributed by atoms with Crippen LogP contribution < -0.4 is 5.32 Å². The Morgan fingerprint density at radius 3 is 3.00 bits per heavy atom. The molecule has 0 saturated heterocycles. The highest BCUT2D eigenvalue weighted by atomic mass is 32.1. The Bertz CT molecular complexity index is 685. The number of aromatic nitrogens is 2. The Balaban J connectivity index is 1.99. The minimum absolute atomic E-state index is 0.0227. The van der Waals surface area contributed by atoms with E-state index < -0.39 is 0 Å². The van der Waals surface area contributed by atoms with Crippen LogP contribution in [0, 0.1) is 18.8 Å². The molecule has 2 aromatic rings. The van der Waals surface area contributed by atoms with Crippen molar-refractivity contribution in [3.8, 4) is 11.8 Å². The van der Waals surface area contributed by atoms with Crippen LogP contribution >= 0.6 is 11.3 Å². The maximum atomic E-state index is 12.1. The summed E-state index contributed by atoms with van der Waals surface area (Å²) >= 11 is 1.55. The summed E-state index contributed by atoms with van der Waals surface area (Å²) in [6.45, 7) is 2.40. The van der Waals surface area contributed by atoms with Crippen LogP contribution in [0.2, 0.25) is 0 Å². The second-order valence-electron chi connectivity index (χ2n) is 4.27. The zero-order valence-corrected chi connectivity index (χ0v) is 12.4. The minimum atomic E-state index is -0.195. The molecule has 0 bridgehead atoms. The molecule has 0 aliphatic carbocycles. The average molecular weight is 301 g/mol. The van der Waals surface area contributed by atoms with E-state index in [-0.39, 0.29) is 12.5 Å². The topological polar surface area (TPSA) is 75.1 Å². The second kappa shape index (κ2) is 7.53.